The van der Waals surface area contributed by atoms with Gasteiger partial charge in [0, 0.05) is 51.3 Å². The smallest absolute Gasteiger partial charge is 0.354 e. The second-order valence-corrected chi connectivity index (χ2v) is 8.41. The van der Waals surface area contributed by atoms with E-state index in [1.54, 1.807) is 11.9 Å². The molecule has 1 unspecified atom stereocenters. The number of esters is 1. The van der Waals surface area contributed by atoms with Crippen LogP contribution < -0.4 is 15.2 Å². The molecule has 9 heteroatoms. The van der Waals surface area contributed by atoms with Crippen molar-refractivity contribution in [1.82, 2.24) is 10.2 Å². The molecular weight excluding hydrogens is 446 g/mol. The van der Waals surface area contributed by atoms with Crippen LogP contribution in [0.5, 0.6) is 0 Å². The summed E-state index contributed by atoms with van der Waals surface area (Å²) in [6, 6.07) is 18.7. The van der Waals surface area contributed by atoms with Crippen molar-refractivity contribution in [3.63, 3.8) is 0 Å². The highest BCUT2D eigenvalue weighted by molar-refractivity contribution is 6.38. The summed E-state index contributed by atoms with van der Waals surface area (Å²) in [5.41, 5.74) is 2.08. The summed E-state index contributed by atoms with van der Waals surface area (Å²) >= 11 is 0. The molecule has 2 aliphatic rings. The highest BCUT2D eigenvalue weighted by Gasteiger charge is 2.36. The molecule has 0 bridgehead atoms. The van der Waals surface area contributed by atoms with Crippen LogP contribution in [0.1, 0.15) is 19.8 Å². The van der Waals surface area contributed by atoms with E-state index in [0.717, 1.165) is 18.8 Å². The summed E-state index contributed by atoms with van der Waals surface area (Å²) < 4.78 is 5.07. The first-order valence-corrected chi connectivity index (χ1v) is 12.0. The Bertz CT molecular complexity index is 1050. The molecule has 0 saturated carbocycles. The van der Waals surface area contributed by atoms with Gasteiger partial charge in [0.15, 0.2) is 0 Å². The lowest BCUT2D eigenvalue weighted by atomic mass is 10.1. The van der Waals surface area contributed by atoms with Gasteiger partial charge in [0.1, 0.15) is 11.8 Å². The fraction of sp³-hybridized carbons (Fsp3) is 0.385. The van der Waals surface area contributed by atoms with Gasteiger partial charge in [-0.05, 0) is 31.2 Å². The molecular formula is C26H31N5O4. The maximum Gasteiger partial charge on any atom is 0.354 e. The van der Waals surface area contributed by atoms with Gasteiger partial charge in [-0.1, -0.05) is 36.4 Å². The zero-order valence-electron chi connectivity index (χ0n) is 19.9. The number of ether oxygens (including phenoxy) is 1. The lowest BCUT2D eigenvalue weighted by Crippen LogP contribution is -2.49. The molecule has 2 aromatic rings. The third-order valence-corrected chi connectivity index (χ3v) is 6.14. The van der Waals surface area contributed by atoms with Gasteiger partial charge in [0.2, 0.25) is 11.8 Å². The maximum absolute atomic E-state index is 13.0. The van der Waals surface area contributed by atoms with E-state index in [9.17, 15) is 14.4 Å². The third kappa shape index (κ3) is 5.98. The van der Waals surface area contributed by atoms with Gasteiger partial charge in [-0.25, -0.2) is 4.79 Å². The Morgan fingerprint density at radius 3 is 2.20 bits per heavy atom. The number of anilines is 2. The van der Waals surface area contributed by atoms with Crippen LogP contribution in [-0.4, -0.2) is 73.8 Å². The number of carbonyl (C=O) groups excluding carboxylic acids is 3. The fourth-order valence-corrected chi connectivity index (χ4v) is 4.29. The van der Waals surface area contributed by atoms with Gasteiger partial charge >= 0.3 is 5.97 Å². The summed E-state index contributed by atoms with van der Waals surface area (Å²) in [7, 11) is 0. The van der Waals surface area contributed by atoms with Crippen molar-refractivity contribution in [2.75, 3.05) is 49.2 Å². The average Bonchev–Trinajstić information content (AvgIpc) is 3.36. The van der Waals surface area contributed by atoms with Crippen LogP contribution >= 0.6 is 0 Å². The van der Waals surface area contributed by atoms with Gasteiger partial charge in [0.25, 0.3) is 0 Å². The molecule has 9 nitrogen and oxygen atoms in total. The number of nitrogens with one attached hydrogen (secondary N) is 1. The molecule has 4 rings (SSSR count). The van der Waals surface area contributed by atoms with E-state index in [1.165, 1.54) is 0 Å². The van der Waals surface area contributed by atoms with Crippen LogP contribution in [0.4, 0.5) is 11.4 Å². The molecule has 2 aliphatic heterocycles. The van der Waals surface area contributed by atoms with Crippen molar-refractivity contribution in [2.45, 2.75) is 25.8 Å². The van der Waals surface area contributed by atoms with E-state index in [4.69, 9.17) is 4.74 Å². The monoisotopic (exact) mass is 477 g/mol. The normalized spacial score (nSPS) is 17.7. The second kappa shape index (κ2) is 11.5. The van der Waals surface area contributed by atoms with Gasteiger partial charge in [-0.15, -0.1) is 0 Å². The van der Waals surface area contributed by atoms with E-state index >= 15 is 0 Å². The number of nitrogens with zero attached hydrogens (tertiary/aromatic N) is 4. The molecule has 0 aromatic heterocycles. The topological polar surface area (TPSA) is 94.5 Å². The van der Waals surface area contributed by atoms with Gasteiger partial charge in [-0.3, -0.25) is 14.6 Å². The highest BCUT2D eigenvalue weighted by Crippen LogP contribution is 2.25. The first-order valence-electron chi connectivity index (χ1n) is 12.0. The average molecular weight is 478 g/mol. The van der Waals surface area contributed by atoms with Crippen LogP contribution in [0.3, 0.4) is 0 Å². The molecule has 2 aromatic carbocycles. The van der Waals surface area contributed by atoms with Crippen molar-refractivity contribution < 1.29 is 19.1 Å². The number of para-hydroxylation sites is 2. The zero-order chi connectivity index (χ0) is 24.6. The van der Waals surface area contributed by atoms with Gasteiger partial charge in [0.05, 0.1) is 12.3 Å². The predicted molar refractivity (Wildman–Crippen MR) is 134 cm³/mol. The van der Waals surface area contributed by atoms with E-state index in [1.807, 2.05) is 53.4 Å². The van der Waals surface area contributed by atoms with Crippen molar-refractivity contribution in [1.29, 1.82) is 0 Å². The number of benzene rings is 2. The molecule has 1 saturated heterocycles. The Morgan fingerprint density at radius 2 is 1.57 bits per heavy atom. The third-order valence-electron chi connectivity index (χ3n) is 6.14. The Kier molecular flexibility index (Phi) is 7.97. The lowest BCUT2D eigenvalue weighted by molar-refractivity contribution is -0.135. The summed E-state index contributed by atoms with van der Waals surface area (Å²) in [6.45, 7) is 5.07. The molecule has 0 spiro atoms. The molecule has 35 heavy (non-hydrogen) atoms. The van der Waals surface area contributed by atoms with Crippen LogP contribution in [0.2, 0.25) is 0 Å². The van der Waals surface area contributed by atoms with Crippen LogP contribution in [0, 0.1) is 0 Å². The lowest BCUT2D eigenvalue weighted by Gasteiger charge is -2.36. The minimum atomic E-state index is -0.679. The Balaban J connectivity index is 1.28. The Labute approximate surface area is 205 Å². The van der Waals surface area contributed by atoms with E-state index in [2.05, 4.69) is 27.5 Å². The predicted octanol–water partition coefficient (Wildman–Crippen LogP) is 2.04. The highest BCUT2D eigenvalue weighted by atomic mass is 16.5. The second-order valence-electron chi connectivity index (χ2n) is 8.41. The summed E-state index contributed by atoms with van der Waals surface area (Å²) in [5.74, 6) is -0.778. The summed E-state index contributed by atoms with van der Waals surface area (Å²) in [5, 5.41) is 8.77. The van der Waals surface area contributed by atoms with E-state index in [0.29, 0.717) is 18.8 Å². The Hall–Kier alpha value is -3.88. The fourth-order valence-electron chi connectivity index (χ4n) is 4.29. The number of piperazine rings is 1. The quantitative estimate of drug-likeness (QED) is 0.585. The number of hydrazone groups is 1. The maximum atomic E-state index is 13.0. The standard InChI is InChI=1S/C26H31N5O4/c1-2-35-26(34)22-19-23(31(28-22)21-11-7-4-8-12-21)25(33)27-14-13-24(32)30-17-15-29(16-18-30)20-9-5-3-6-10-20/h3-12,23H,2,13-19H2,1H3,(H,27,33). The number of rotatable bonds is 8. The number of hydrogen-bond donors (Lipinski definition) is 1. The van der Waals surface area contributed by atoms with Gasteiger partial charge < -0.3 is 19.9 Å². The first-order chi connectivity index (χ1) is 17.1. The van der Waals surface area contributed by atoms with Crippen molar-refractivity contribution >= 4 is 34.9 Å². The molecule has 2 amide bonds. The molecule has 2 heterocycles. The van der Waals surface area contributed by atoms with Crippen molar-refractivity contribution in [3.05, 3.63) is 60.7 Å². The first kappa shape index (κ1) is 24.3. The summed E-state index contributed by atoms with van der Waals surface area (Å²) in [4.78, 5) is 42.0. The molecule has 1 fully saturated rings. The largest absolute Gasteiger partial charge is 0.461 e. The zero-order valence-corrected chi connectivity index (χ0v) is 19.9. The van der Waals surface area contributed by atoms with E-state index in [-0.39, 0.29) is 43.5 Å². The number of hydrogen-bond acceptors (Lipinski definition) is 7. The molecule has 1 atom stereocenters. The minimum Gasteiger partial charge on any atom is -0.461 e. The SMILES string of the molecule is CCOC(=O)C1=NN(c2ccccc2)C(C(=O)NCCC(=O)N2CCN(c3ccccc3)CC2)C1. The molecule has 1 N–H and O–H groups in total. The van der Waals surface area contributed by atoms with E-state index < -0.39 is 12.0 Å². The minimum absolute atomic E-state index is 0.0211. The van der Waals surface area contributed by atoms with Crippen LogP contribution in [0.15, 0.2) is 65.8 Å². The van der Waals surface area contributed by atoms with Crippen molar-refractivity contribution in [2.24, 2.45) is 5.10 Å². The summed E-state index contributed by atoms with van der Waals surface area (Å²) in [6.07, 6.45) is 0.371. The van der Waals surface area contributed by atoms with Gasteiger partial charge in [-0.2, -0.15) is 5.10 Å². The van der Waals surface area contributed by atoms with Crippen LogP contribution in [-0.2, 0) is 19.1 Å². The molecule has 0 radical (unpaired) electrons. The molecule has 184 valence electrons. The van der Waals surface area contributed by atoms with Crippen LogP contribution in [0.25, 0.3) is 0 Å². The number of amides is 2. The molecule has 0 aliphatic carbocycles. The number of carbonyl (C=O) groups is 3. The Morgan fingerprint density at radius 1 is 0.943 bits per heavy atom. The van der Waals surface area contributed by atoms with Crippen molar-refractivity contribution in [3.8, 4) is 0 Å².